The molecule has 0 bridgehead atoms. The molecule has 0 amide bonds. The third-order valence-corrected chi connectivity index (χ3v) is 2.28. The highest BCUT2D eigenvalue weighted by Gasteiger charge is 2.36. The summed E-state index contributed by atoms with van der Waals surface area (Å²) in [5.74, 6) is 0. The summed E-state index contributed by atoms with van der Waals surface area (Å²) in [6.45, 7) is 3.39. The first-order valence-corrected chi connectivity index (χ1v) is 4.23. The summed E-state index contributed by atoms with van der Waals surface area (Å²) in [6, 6.07) is 0. The van der Waals surface area contributed by atoms with Crippen LogP contribution in [0.5, 0.6) is 0 Å². The van der Waals surface area contributed by atoms with Crippen LogP contribution < -0.4 is 5.73 Å². The van der Waals surface area contributed by atoms with E-state index < -0.39 is 11.1 Å². The molecular weight excluding hydrogens is 201 g/mol. The molecule has 0 atom stereocenters. The fraction of sp³-hybridized carbons (Fsp3) is 0.286. The fourth-order valence-electron chi connectivity index (χ4n) is 0.796. The van der Waals surface area contributed by atoms with Crippen molar-refractivity contribution in [3.63, 3.8) is 0 Å². The Kier molecular flexibility index (Phi) is 2.72. The summed E-state index contributed by atoms with van der Waals surface area (Å²) in [6.07, 6.45) is -4.37. The molecule has 0 aliphatic carbocycles. The minimum absolute atomic E-state index is 0.0210. The molecule has 2 nitrogen and oxygen atoms in total. The molecule has 1 aromatic rings. The van der Waals surface area contributed by atoms with E-state index in [2.05, 4.69) is 11.6 Å². The molecule has 0 fully saturated rings. The Balaban J connectivity index is 3.10. The van der Waals surface area contributed by atoms with Gasteiger partial charge in [-0.1, -0.05) is 6.58 Å². The molecule has 0 aromatic carbocycles. The highest BCUT2D eigenvalue weighted by molar-refractivity contribution is 7.10. The number of nitrogens with zero attached hydrogens (tertiary/aromatic N) is 1. The predicted octanol–water partition coefficient (Wildman–Crippen LogP) is 2.13. The van der Waals surface area contributed by atoms with Crippen LogP contribution in [0.25, 0.3) is 5.57 Å². The van der Waals surface area contributed by atoms with Crippen LogP contribution in [0, 0.1) is 0 Å². The number of thiazole rings is 1. The van der Waals surface area contributed by atoms with Crippen molar-refractivity contribution in [3.8, 4) is 0 Å². The molecule has 0 aliphatic heterocycles. The van der Waals surface area contributed by atoms with Gasteiger partial charge in [0.05, 0.1) is 11.2 Å². The number of alkyl halides is 3. The summed E-state index contributed by atoms with van der Waals surface area (Å²) in [5, 5.41) is 0. The Hall–Kier alpha value is -0.880. The number of aromatic nitrogens is 1. The first-order chi connectivity index (χ1) is 5.96. The standard InChI is InChI=1S/C7H7F3N2S/c1-4(2-11)5-6(7(8,9)10)13-3-12-5/h3H,1-2,11H2. The highest BCUT2D eigenvalue weighted by atomic mass is 32.1. The zero-order valence-corrected chi connectivity index (χ0v) is 7.37. The average molecular weight is 208 g/mol. The Morgan fingerprint density at radius 3 is 2.69 bits per heavy atom. The third kappa shape index (κ3) is 2.07. The van der Waals surface area contributed by atoms with Crippen LogP contribution in [0.1, 0.15) is 10.6 Å². The summed E-state index contributed by atoms with van der Waals surface area (Å²) < 4.78 is 36.8. The second-order valence-corrected chi connectivity index (χ2v) is 3.19. The molecule has 13 heavy (non-hydrogen) atoms. The first-order valence-electron chi connectivity index (χ1n) is 3.35. The maximum Gasteiger partial charge on any atom is 0.427 e. The van der Waals surface area contributed by atoms with E-state index in [1.165, 1.54) is 0 Å². The quantitative estimate of drug-likeness (QED) is 0.808. The molecule has 1 aromatic heterocycles. The second kappa shape index (κ2) is 3.47. The van der Waals surface area contributed by atoms with Crippen molar-refractivity contribution < 1.29 is 13.2 Å². The van der Waals surface area contributed by atoms with Gasteiger partial charge < -0.3 is 5.73 Å². The lowest BCUT2D eigenvalue weighted by Gasteiger charge is -2.06. The maximum atomic E-state index is 12.3. The van der Waals surface area contributed by atoms with Crippen LogP contribution in [0.3, 0.4) is 0 Å². The van der Waals surface area contributed by atoms with Gasteiger partial charge in [0.1, 0.15) is 4.88 Å². The van der Waals surface area contributed by atoms with E-state index >= 15 is 0 Å². The van der Waals surface area contributed by atoms with Crippen molar-refractivity contribution in [3.05, 3.63) is 22.7 Å². The van der Waals surface area contributed by atoms with E-state index in [-0.39, 0.29) is 17.8 Å². The van der Waals surface area contributed by atoms with E-state index in [1.807, 2.05) is 0 Å². The van der Waals surface area contributed by atoms with Gasteiger partial charge in [0.2, 0.25) is 0 Å². The van der Waals surface area contributed by atoms with Crippen molar-refractivity contribution in [2.45, 2.75) is 6.18 Å². The van der Waals surface area contributed by atoms with Crippen LogP contribution in [0.15, 0.2) is 12.1 Å². The monoisotopic (exact) mass is 208 g/mol. The Morgan fingerprint density at radius 2 is 2.23 bits per heavy atom. The van der Waals surface area contributed by atoms with Gasteiger partial charge in [-0.2, -0.15) is 13.2 Å². The van der Waals surface area contributed by atoms with Crippen LogP contribution in [-0.2, 0) is 6.18 Å². The van der Waals surface area contributed by atoms with Crippen LogP contribution in [0.4, 0.5) is 13.2 Å². The van der Waals surface area contributed by atoms with E-state index in [0.717, 1.165) is 5.51 Å². The topological polar surface area (TPSA) is 38.9 Å². The van der Waals surface area contributed by atoms with Gasteiger partial charge in [-0.25, -0.2) is 4.98 Å². The molecule has 72 valence electrons. The number of hydrogen-bond acceptors (Lipinski definition) is 3. The first kappa shape index (κ1) is 10.2. The Labute approximate surface area is 76.9 Å². The van der Waals surface area contributed by atoms with E-state index in [4.69, 9.17) is 5.73 Å². The summed E-state index contributed by atoms with van der Waals surface area (Å²) in [7, 11) is 0. The second-order valence-electron chi connectivity index (χ2n) is 2.34. The molecule has 2 N–H and O–H groups in total. The molecule has 0 aliphatic rings. The summed E-state index contributed by atoms with van der Waals surface area (Å²) >= 11 is 0.548. The normalized spacial score (nSPS) is 11.7. The van der Waals surface area contributed by atoms with E-state index in [0.29, 0.717) is 11.3 Å². The summed E-state index contributed by atoms with van der Waals surface area (Å²) in [5.41, 5.74) is 6.37. The third-order valence-electron chi connectivity index (χ3n) is 1.41. The van der Waals surface area contributed by atoms with E-state index in [1.54, 1.807) is 0 Å². The molecule has 0 saturated heterocycles. The molecule has 0 saturated carbocycles. The zero-order valence-electron chi connectivity index (χ0n) is 6.56. The Bertz CT molecular complexity index is 316. The van der Waals surface area contributed by atoms with Crippen molar-refractivity contribution in [1.82, 2.24) is 4.98 Å². The minimum Gasteiger partial charge on any atom is -0.326 e. The zero-order chi connectivity index (χ0) is 10.1. The lowest BCUT2D eigenvalue weighted by Crippen LogP contribution is -2.09. The van der Waals surface area contributed by atoms with Gasteiger partial charge in [-0.15, -0.1) is 11.3 Å². The van der Waals surface area contributed by atoms with Crippen molar-refractivity contribution in [2.24, 2.45) is 5.73 Å². The largest absolute Gasteiger partial charge is 0.427 e. The van der Waals surface area contributed by atoms with Gasteiger partial charge in [-0.05, 0) is 5.57 Å². The Morgan fingerprint density at radius 1 is 1.62 bits per heavy atom. The van der Waals surface area contributed by atoms with Gasteiger partial charge in [0.25, 0.3) is 0 Å². The number of rotatable bonds is 2. The summed E-state index contributed by atoms with van der Waals surface area (Å²) in [4.78, 5) is 2.84. The van der Waals surface area contributed by atoms with Crippen LogP contribution in [0.2, 0.25) is 0 Å². The fourth-order valence-corrected chi connectivity index (χ4v) is 1.50. The predicted molar refractivity (Wildman–Crippen MR) is 45.2 cm³/mol. The smallest absolute Gasteiger partial charge is 0.326 e. The highest BCUT2D eigenvalue weighted by Crippen LogP contribution is 2.36. The van der Waals surface area contributed by atoms with Crippen LogP contribution in [-0.4, -0.2) is 11.5 Å². The van der Waals surface area contributed by atoms with E-state index in [9.17, 15) is 13.2 Å². The van der Waals surface area contributed by atoms with Gasteiger partial charge in [0.15, 0.2) is 0 Å². The lowest BCUT2D eigenvalue weighted by molar-refractivity contribution is -0.134. The van der Waals surface area contributed by atoms with Crippen molar-refractivity contribution >= 4 is 16.9 Å². The average Bonchev–Trinajstić information content (AvgIpc) is 2.49. The molecule has 1 rings (SSSR count). The van der Waals surface area contributed by atoms with Gasteiger partial charge in [0, 0.05) is 6.54 Å². The number of halogens is 3. The molecule has 0 unspecified atom stereocenters. The lowest BCUT2D eigenvalue weighted by atomic mass is 10.2. The number of hydrogen-bond donors (Lipinski definition) is 1. The van der Waals surface area contributed by atoms with Gasteiger partial charge >= 0.3 is 6.18 Å². The molecule has 6 heteroatoms. The molecule has 0 spiro atoms. The molecule has 1 heterocycles. The SMILES string of the molecule is C=C(CN)c1ncsc1C(F)(F)F. The minimum atomic E-state index is -4.37. The van der Waals surface area contributed by atoms with Gasteiger partial charge in [-0.3, -0.25) is 0 Å². The van der Waals surface area contributed by atoms with Crippen molar-refractivity contribution in [2.75, 3.05) is 6.54 Å². The maximum absolute atomic E-state index is 12.3. The number of nitrogens with two attached hydrogens (primary N) is 1. The van der Waals surface area contributed by atoms with Crippen LogP contribution >= 0.6 is 11.3 Å². The molecule has 0 radical (unpaired) electrons. The van der Waals surface area contributed by atoms with Crippen molar-refractivity contribution in [1.29, 1.82) is 0 Å². The molecular formula is C7H7F3N2S.